The van der Waals surface area contributed by atoms with E-state index in [4.69, 9.17) is 0 Å². The minimum absolute atomic E-state index is 0.445. The van der Waals surface area contributed by atoms with Gasteiger partial charge in [-0.3, -0.25) is 4.98 Å². The molecule has 1 aliphatic heterocycles. The molecular weight excluding hydrogens is 204 g/mol. The lowest BCUT2D eigenvalue weighted by Gasteiger charge is -2.26. The van der Waals surface area contributed by atoms with Gasteiger partial charge in [0, 0.05) is 24.5 Å². The summed E-state index contributed by atoms with van der Waals surface area (Å²) in [5, 5.41) is 3.69. The van der Waals surface area contributed by atoms with Gasteiger partial charge in [-0.05, 0) is 49.0 Å². The van der Waals surface area contributed by atoms with Gasteiger partial charge >= 0.3 is 0 Å². The van der Waals surface area contributed by atoms with Gasteiger partial charge in [-0.25, -0.2) is 0 Å². The molecule has 1 unspecified atom stereocenters. The Morgan fingerprint density at radius 1 is 1.33 bits per heavy atom. The summed E-state index contributed by atoms with van der Waals surface area (Å²) >= 11 is 2.07. The lowest BCUT2D eigenvalue weighted by atomic mass is 10.1. The van der Waals surface area contributed by atoms with Gasteiger partial charge in [-0.2, -0.15) is 11.8 Å². The van der Waals surface area contributed by atoms with Crippen LogP contribution in [0.3, 0.4) is 0 Å². The van der Waals surface area contributed by atoms with Crippen molar-refractivity contribution in [3.8, 4) is 0 Å². The van der Waals surface area contributed by atoms with E-state index >= 15 is 0 Å². The molecule has 1 fully saturated rings. The first-order valence-corrected chi connectivity index (χ1v) is 6.75. The minimum Gasteiger partial charge on any atom is -0.307 e. The predicted octanol–water partition coefficient (Wildman–Crippen LogP) is 2.63. The van der Waals surface area contributed by atoms with Gasteiger partial charge in [0.05, 0.1) is 0 Å². The smallest absolute Gasteiger partial charge is 0.0295 e. The van der Waals surface area contributed by atoms with Crippen molar-refractivity contribution in [1.29, 1.82) is 0 Å². The molecule has 0 amide bonds. The van der Waals surface area contributed by atoms with Gasteiger partial charge in [0.15, 0.2) is 0 Å². The molecule has 2 nitrogen and oxygen atoms in total. The highest BCUT2D eigenvalue weighted by molar-refractivity contribution is 7.99. The van der Waals surface area contributed by atoms with Crippen LogP contribution in [0.15, 0.2) is 24.5 Å². The van der Waals surface area contributed by atoms with E-state index in [-0.39, 0.29) is 0 Å². The first kappa shape index (κ1) is 11.0. The maximum absolute atomic E-state index is 4.04. The molecule has 1 aromatic heterocycles. The first-order chi connectivity index (χ1) is 7.36. The average molecular weight is 222 g/mol. The number of nitrogens with zero attached hydrogens (tertiary/aromatic N) is 1. The number of thioether (sulfide) groups is 1. The number of hydrogen-bond acceptors (Lipinski definition) is 3. The minimum atomic E-state index is 0.445. The Morgan fingerprint density at radius 3 is 2.67 bits per heavy atom. The molecule has 82 valence electrons. The molecule has 1 aliphatic rings. The maximum Gasteiger partial charge on any atom is 0.0295 e. The summed E-state index contributed by atoms with van der Waals surface area (Å²) in [6.07, 6.45) is 6.34. The van der Waals surface area contributed by atoms with Crippen LogP contribution in [-0.2, 0) is 0 Å². The van der Waals surface area contributed by atoms with Crippen molar-refractivity contribution in [3.63, 3.8) is 0 Å². The molecule has 0 radical (unpaired) electrons. The predicted molar refractivity (Wildman–Crippen MR) is 66.1 cm³/mol. The zero-order valence-corrected chi connectivity index (χ0v) is 9.96. The fourth-order valence-electron chi connectivity index (χ4n) is 1.97. The molecular formula is C12H18N2S. The number of hydrogen-bond donors (Lipinski definition) is 1. The highest BCUT2D eigenvalue weighted by Gasteiger charge is 2.16. The molecule has 1 aromatic rings. The van der Waals surface area contributed by atoms with Crippen molar-refractivity contribution in [2.45, 2.75) is 31.8 Å². The average Bonchev–Trinajstić information content (AvgIpc) is 2.31. The Bertz CT molecular complexity index is 283. The molecule has 1 N–H and O–H groups in total. The summed E-state index contributed by atoms with van der Waals surface area (Å²) in [6, 6.07) is 5.33. The van der Waals surface area contributed by atoms with E-state index in [9.17, 15) is 0 Å². The Hall–Kier alpha value is -0.540. The van der Waals surface area contributed by atoms with Crippen LogP contribution in [0.4, 0.5) is 0 Å². The summed E-state index contributed by atoms with van der Waals surface area (Å²) < 4.78 is 0. The number of nitrogens with one attached hydrogen (secondary N) is 1. The van der Waals surface area contributed by atoms with E-state index in [1.807, 2.05) is 12.4 Å². The molecule has 0 spiro atoms. The number of pyridine rings is 1. The highest BCUT2D eigenvalue weighted by Crippen LogP contribution is 2.20. The molecule has 1 atom stereocenters. The van der Waals surface area contributed by atoms with E-state index in [0.717, 1.165) is 0 Å². The van der Waals surface area contributed by atoms with E-state index in [1.54, 1.807) is 0 Å². The molecule has 0 saturated carbocycles. The van der Waals surface area contributed by atoms with E-state index < -0.39 is 0 Å². The van der Waals surface area contributed by atoms with Crippen LogP contribution in [0.5, 0.6) is 0 Å². The van der Waals surface area contributed by atoms with Crippen LogP contribution in [0.2, 0.25) is 0 Å². The van der Waals surface area contributed by atoms with Crippen LogP contribution >= 0.6 is 11.8 Å². The second kappa shape index (κ2) is 5.52. The van der Waals surface area contributed by atoms with E-state index in [0.29, 0.717) is 12.1 Å². The lowest BCUT2D eigenvalue weighted by Crippen LogP contribution is -2.34. The van der Waals surface area contributed by atoms with Crippen LogP contribution in [0, 0.1) is 0 Å². The van der Waals surface area contributed by atoms with Gasteiger partial charge in [0.1, 0.15) is 0 Å². The summed E-state index contributed by atoms with van der Waals surface area (Å²) in [7, 11) is 0. The topological polar surface area (TPSA) is 24.9 Å². The molecule has 0 bridgehead atoms. The lowest BCUT2D eigenvalue weighted by molar-refractivity contribution is 0.431. The summed E-state index contributed by atoms with van der Waals surface area (Å²) in [5.74, 6) is 2.61. The van der Waals surface area contributed by atoms with Crippen molar-refractivity contribution < 1.29 is 0 Å². The van der Waals surface area contributed by atoms with Gasteiger partial charge in [0.2, 0.25) is 0 Å². The van der Waals surface area contributed by atoms with Crippen LogP contribution in [0.25, 0.3) is 0 Å². The largest absolute Gasteiger partial charge is 0.307 e. The Balaban J connectivity index is 1.88. The summed E-state index contributed by atoms with van der Waals surface area (Å²) in [6.45, 7) is 2.23. The summed E-state index contributed by atoms with van der Waals surface area (Å²) in [5.41, 5.74) is 1.34. The molecule has 0 aliphatic carbocycles. The standard InChI is InChI=1S/C12H18N2S/c1-10(11-2-6-13-7-3-11)14-12-4-8-15-9-5-12/h2-3,6-7,10,12,14H,4-5,8-9H2,1H3. The first-order valence-electron chi connectivity index (χ1n) is 5.60. The fourth-order valence-corrected chi connectivity index (χ4v) is 3.07. The van der Waals surface area contributed by atoms with Crippen LogP contribution in [-0.4, -0.2) is 22.5 Å². The second-order valence-electron chi connectivity index (χ2n) is 4.06. The molecule has 15 heavy (non-hydrogen) atoms. The molecule has 1 saturated heterocycles. The fraction of sp³-hybridized carbons (Fsp3) is 0.583. The normalized spacial score (nSPS) is 20.1. The zero-order valence-electron chi connectivity index (χ0n) is 9.15. The van der Waals surface area contributed by atoms with Gasteiger partial charge in [-0.15, -0.1) is 0 Å². The van der Waals surface area contributed by atoms with Gasteiger partial charge in [-0.1, -0.05) is 0 Å². The van der Waals surface area contributed by atoms with Crippen molar-refractivity contribution in [1.82, 2.24) is 10.3 Å². The highest BCUT2D eigenvalue weighted by atomic mass is 32.2. The van der Waals surface area contributed by atoms with Crippen molar-refractivity contribution >= 4 is 11.8 Å². The van der Waals surface area contributed by atoms with Gasteiger partial charge in [0.25, 0.3) is 0 Å². The van der Waals surface area contributed by atoms with E-state index in [1.165, 1.54) is 29.9 Å². The SMILES string of the molecule is CC(NC1CCSCC1)c1ccncc1. The third kappa shape index (κ3) is 3.21. The molecule has 0 aromatic carbocycles. The van der Waals surface area contributed by atoms with Crippen LogP contribution < -0.4 is 5.32 Å². The monoisotopic (exact) mass is 222 g/mol. The van der Waals surface area contributed by atoms with E-state index in [2.05, 4.69) is 41.1 Å². The third-order valence-electron chi connectivity index (χ3n) is 2.91. The molecule has 2 heterocycles. The number of aromatic nitrogens is 1. The Morgan fingerprint density at radius 2 is 2.00 bits per heavy atom. The molecule has 2 rings (SSSR count). The van der Waals surface area contributed by atoms with Crippen LogP contribution in [0.1, 0.15) is 31.4 Å². The summed E-state index contributed by atoms with van der Waals surface area (Å²) in [4.78, 5) is 4.04. The van der Waals surface area contributed by atoms with Crippen molar-refractivity contribution in [2.75, 3.05) is 11.5 Å². The van der Waals surface area contributed by atoms with Crippen molar-refractivity contribution in [2.24, 2.45) is 0 Å². The Kier molecular flexibility index (Phi) is 4.03. The zero-order chi connectivity index (χ0) is 10.5. The van der Waals surface area contributed by atoms with Crippen molar-refractivity contribution in [3.05, 3.63) is 30.1 Å². The third-order valence-corrected chi connectivity index (χ3v) is 3.96. The quantitative estimate of drug-likeness (QED) is 0.851. The molecule has 3 heteroatoms. The maximum atomic E-state index is 4.04. The Labute approximate surface area is 95.9 Å². The van der Waals surface area contributed by atoms with Gasteiger partial charge < -0.3 is 5.32 Å². The second-order valence-corrected chi connectivity index (χ2v) is 5.28. The number of rotatable bonds is 3.